The monoisotopic (exact) mass is 238 g/mol. The standard InChI is InChI=1S/C12H22N4O/c1-10(2)11-8-16(6-3-5-13-11)7-4-12-14-9-17-15-12/h9-11,13H,3-8H2,1-2H3. The summed E-state index contributed by atoms with van der Waals surface area (Å²) in [6.07, 6.45) is 3.49. The van der Waals surface area contributed by atoms with Gasteiger partial charge in [0.25, 0.3) is 0 Å². The Morgan fingerprint density at radius 3 is 3.18 bits per heavy atom. The van der Waals surface area contributed by atoms with Crippen LogP contribution in [0.1, 0.15) is 26.1 Å². The lowest BCUT2D eigenvalue weighted by atomic mass is 10.0. The predicted molar refractivity (Wildman–Crippen MR) is 65.7 cm³/mol. The molecule has 1 aliphatic rings. The van der Waals surface area contributed by atoms with Crippen molar-refractivity contribution in [1.82, 2.24) is 20.4 Å². The molecule has 1 fully saturated rings. The fourth-order valence-electron chi connectivity index (χ4n) is 2.23. The van der Waals surface area contributed by atoms with Crippen LogP contribution < -0.4 is 5.32 Å². The highest BCUT2D eigenvalue weighted by Gasteiger charge is 2.20. The van der Waals surface area contributed by atoms with E-state index in [1.54, 1.807) is 0 Å². The molecule has 2 heterocycles. The third kappa shape index (κ3) is 3.78. The SMILES string of the molecule is CC(C)C1CN(CCc2ncon2)CCCN1. The van der Waals surface area contributed by atoms with Crippen LogP contribution >= 0.6 is 0 Å². The number of nitrogens with zero attached hydrogens (tertiary/aromatic N) is 3. The summed E-state index contributed by atoms with van der Waals surface area (Å²) < 4.78 is 4.75. The Bertz CT molecular complexity index is 312. The van der Waals surface area contributed by atoms with Gasteiger partial charge in [-0.3, -0.25) is 0 Å². The van der Waals surface area contributed by atoms with Gasteiger partial charge < -0.3 is 14.7 Å². The van der Waals surface area contributed by atoms with Crippen LogP contribution in [0.5, 0.6) is 0 Å². The minimum atomic E-state index is 0.600. The van der Waals surface area contributed by atoms with Gasteiger partial charge in [-0.15, -0.1) is 0 Å². The van der Waals surface area contributed by atoms with Crippen molar-refractivity contribution in [3.63, 3.8) is 0 Å². The summed E-state index contributed by atoms with van der Waals surface area (Å²) in [5.41, 5.74) is 0. The Hall–Kier alpha value is -0.940. The molecule has 1 N–H and O–H groups in total. The van der Waals surface area contributed by atoms with Gasteiger partial charge in [0.05, 0.1) is 0 Å². The molecule has 1 aromatic heterocycles. The first-order valence-corrected chi connectivity index (χ1v) is 6.46. The number of hydrogen-bond acceptors (Lipinski definition) is 5. The molecule has 17 heavy (non-hydrogen) atoms. The van der Waals surface area contributed by atoms with Crippen LogP contribution in [0.25, 0.3) is 0 Å². The molecule has 1 saturated heterocycles. The number of hydrogen-bond donors (Lipinski definition) is 1. The highest BCUT2D eigenvalue weighted by molar-refractivity contribution is 4.83. The van der Waals surface area contributed by atoms with E-state index in [-0.39, 0.29) is 0 Å². The van der Waals surface area contributed by atoms with Crippen LogP contribution in [0.15, 0.2) is 10.9 Å². The molecule has 0 spiro atoms. The van der Waals surface area contributed by atoms with Gasteiger partial charge in [-0.05, 0) is 25.4 Å². The summed E-state index contributed by atoms with van der Waals surface area (Å²) in [5, 5.41) is 7.46. The fourth-order valence-corrected chi connectivity index (χ4v) is 2.23. The topological polar surface area (TPSA) is 54.2 Å². The van der Waals surface area contributed by atoms with E-state index < -0.39 is 0 Å². The van der Waals surface area contributed by atoms with E-state index >= 15 is 0 Å². The number of rotatable bonds is 4. The lowest BCUT2D eigenvalue weighted by molar-refractivity contribution is 0.246. The molecule has 0 aliphatic carbocycles. The molecule has 0 aromatic carbocycles. The van der Waals surface area contributed by atoms with Crippen LogP contribution in [0.2, 0.25) is 0 Å². The molecule has 96 valence electrons. The van der Waals surface area contributed by atoms with Crippen LogP contribution in [-0.4, -0.2) is 47.3 Å². The molecule has 0 amide bonds. The molecule has 1 unspecified atom stereocenters. The van der Waals surface area contributed by atoms with Crippen molar-refractivity contribution in [3.05, 3.63) is 12.2 Å². The summed E-state index contributed by atoms with van der Waals surface area (Å²) in [6, 6.07) is 0.600. The normalized spacial score (nSPS) is 22.9. The molecule has 2 rings (SSSR count). The van der Waals surface area contributed by atoms with E-state index in [4.69, 9.17) is 4.52 Å². The van der Waals surface area contributed by atoms with Crippen LogP contribution in [0, 0.1) is 5.92 Å². The Morgan fingerprint density at radius 2 is 2.47 bits per heavy atom. The number of aromatic nitrogens is 2. The zero-order chi connectivity index (χ0) is 12.1. The second kappa shape index (κ2) is 6.12. The maximum absolute atomic E-state index is 4.75. The minimum absolute atomic E-state index is 0.600. The van der Waals surface area contributed by atoms with Crippen molar-refractivity contribution in [2.75, 3.05) is 26.2 Å². The first-order chi connectivity index (χ1) is 8.25. The third-order valence-corrected chi connectivity index (χ3v) is 3.38. The average molecular weight is 238 g/mol. The quantitative estimate of drug-likeness (QED) is 0.846. The van der Waals surface area contributed by atoms with Crippen molar-refractivity contribution in [1.29, 1.82) is 0 Å². The summed E-state index contributed by atoms with van der Waals surface area (Å²) >= 11 is 0. The molecule has 0 radical (unpaired) electrons. The van der Waals surface area contributed by atoms with Gasteiger partial charge in [-0.2, -0.15) is 4.98 Å². The third-order valence-electron chi connectivity index (χ3n) is 3.38. The molecule has 5 nitrogen and oxygen atoms in total. The highest BCUT2D eigenvalue weighted by atomic mass is 16.5. The summed E-state index contributed by atoms with van der Waals surface area (Å²) in [7, 11) is 0. The van der Waals surface area contributed by atoms with E-state index in [2.05, 4.69) is 34.2 Å². The van der Waals surface area contributed by atoms with Gasteiger partial charge in [0.2, 0.25) is 6.39 Å². The van der Waals surface area contributed by atoms with E-state index in [1.807, 2.05) is 0 Å². The smallest absolute Gasteiger partial charge is 0.213 e. The summed E-state index contributed by atoms with van der Waals surface area (Å²) in [5.74, 6) is 1.49. The molecular formula is C12H22N4O. The average Bonchev–Trinajstić information content (AvgIpc) is 2.70. The zero-order valence-electron chi connectivity index (χ0n) is 10.7. The molecule has 1 aromatic rings. The zero-order valence-corrected chi connectivity index (χ0v) is 10.7. The Labute approximate surface area is 103 Å². The van der Waals surface area contributed by atoms with Crippen molar-refractivity contribution >= 4 is 0 Å². The first-order valence-electron chi connectivity index (χ1n) is 6.46. The summed E-state index contributed by atoms with van der Waals surface area (Å²) in [4.78, 5) is 6.56. The van der Waals surface area contributed by atoms with Crippen molar-refractivity contribution in [3.8, 4) is 0 Å². The van der Waals surface area contributed by atoms with E-state index in [0.717, 1.165) is 38.4 Å². The van der Waals surface area contributed by atoms with Crippen LogP contribution in [0.3, 0.4) is 0 Å². The van der Waals surface area contributed by atoms with Gasteiger partial charge in [0.1, 0.15) is 0 Å². The molecule has 1 aliphatic heterocycles. The van der Waals surface area contributed by atoms with Crippen molar-refractivity contribution in [2.45, 2.75) is 32.7 Å². The molecule has 5 heteroatoms. The maximum atomic E-state index is 4.75. The van der Waals surface area contributed by atoms with Gasteiger partial charge in [-0.25, -0.2) is 0 Å². The fraction of sp³-hybridized carbons (Fsp3) is 0.833. The van der Waals surface area contributed by atoms with Gasteiger partial charge in [0.15, 0.2) is 5.82 Å². The minimum Gasteiger partial charge on any atom is -0.343 e. The summed E-state index contributed by atoms with van der Waals surface area (Å²) in [6.45, 7) is 8.98. The highest BCUT2D eigenvalue weighted by Crippen LogP contribution is 2.09. The Morgan fingerprint density at radius 1 is 1.59 bits per heavy atom. The lowest BCUT2D eigenvalue weighted by Crippen LogP contribution is -2.41. The van der Waals surface area contributed by atoms with E-state index in [9.17, 15) is 0 Å². The molecule has 1 atom stereocenters. The van der Waals surface area contributed by atoms with Crippen LogP contribution in [-0.2, 0) is 6.42 Å². The maximum Gasteiger partial charge on any atom is 0.213 e. The Balaban J connectivity index is 1.82. The molecule has 0 bridgehead atoms. The number of nitrogens with one attached hydrogen (secondary N) is 1. The van der Waals surface area contributed by atoms with Gasteiger partial charge >= 0.3 is 0 Å². The van der Waals surface area contributed by atoms with E-state index in [1.165, 1.54) is 12.8 Å². The second-order valence-corrected chi connectivity index (χ2v) is 5.06. The van der Waals surface area contributed by atoms with E-state index in [0.29, 0.717) is 12.0 Å². The van der Waals surface area contributed by atoms with Crippen molar-refractivity contribution in [2.24, 2.45) is 5.92 Å². The van der Waals surface area contributed by atoms with Crippen molar-refractivity contribution < 1.29 is 4.52 Å². The molecular weight excluding hydrogens is 216 g/mol. The predicted octanol–water partition coefficient (Wildman–Crippen LogP) is 0.932. The largest absolute Gasteiger partial charge is 0.343 e. The lowest BCUT2D eigenvalue weighted by Gasteiger charge is -2.26. The first kappa shape index (κ1) is 12.5. The van der Waals surface area contributed by atoms with Gasteiger partial charge in [-0.1, -0.05) is 19.0 Å². The second-order valence-electron chi connectivity index (χ2n) is 5.06. The molecule has 0 saturated carbocycles. The van der Waals surface area contributed by atoms with Gasteiger partial charge in [0, 0.05) is 25.6 Å². The van der Waals surface area contributed by atoms with Crippen LogP contribution in [0.4, 0.5) is 0 Å². The Kier molecular flexibility index (Phi) is 4.50.